The number of carbonyl (C=O) groups excluding carboxylic acids is 2. The second-order valence-electron chi connectivity index (χ2n) is 11.4. The summed E-state index contributed by atoms with van der Waals surface area (Å²) in [5.74, 6) is 0.793. The summed E-state index contributed by atoms with van der Waals surface area (Å²) < 4.78 is 0. The van der Waals surface area contributed by atoms with Crippen molar-refractivity contribution in [3.63, 3.8) is 0 Å². The zero-order chi connectivity index (χ0) is 25.7. The van der Waals surface area contributed by atoms with E-state index in [4.69, 9.17) is 0 Å². The van der Waals surface area contributed by atoms with E-state index in [1.165, 1.54) is 30.4 Å². The van der Waals surface area contributed by atoms with Gasteiger partial charge in [0.1, 0.15) is 11.1 Å². The van der Waals surface area contributed by atoms with E-state index in [1.807, 2.05) is 6.07 Å². The first-order valence-electron chi connectivity index (χ1n) is 14.8. The number of benzene rings is 2. The number of likely N-dealkylation sites (tertiary alicyclic amines) is 1. The van der Waals surface area contributed by atoms with Crippen LogP contribution < -0.4 is 0 Å². The fourth-order valence-electron chi connectivity index (χ4n) is 7.53. The van der Waals surface area contributed by atoms with E-state index in [-0.39, 0.29) is 0 Å². The van der Waals surface area contributed by atoms with Crippen LogP contribution in [0.2, 0.25) is 0 Å². The van der Waals surface area contributed by atoms with Gasteiger partial charge in [-0.15, -0.1) is 0 Å². The van der Waals surface area contributed by atoms with Crippen molar-refractivity contribution in [1.29, 1.82) is 0 Å². The third kappa shape index (κ3) is 4.95. The zero-order valence-electron chi connectivity index (χ0n) is 22.7. The molecule has 0 spiro atoms. The van der Waals surface area contributed by atoms with E-state index in [1.54, 1.807) is 0 Å². The molecule has 0 aromatic heterocycles. The van der Waals surface area contributed by atoms with Crippen molar-refractivity contribution >= 4 is 11.6 Å². The highest BCUT2D eigenvalue weighted by Crippen LogP contribution is 2.42. The molecule has 3 fully saturated rings. The van der Waals surface area contributed by atoms with Gasteiger partial charge in [-0.05, 0) is 81.3 Å². The Morgan fingerprint density at radius 1 is 0.757 bits per heavy atom. The molecule has 0 amide bonds. The van der Waals surface area contributed by atoms with Crippen molar-refractivity contribution in [3.8, 4) is 0 Å². The Kier molecular flexibility index (Phi) is 8.26. The Bertz CT molecular complexity index is 1080. The molecular weight excluding hydrogens is 456 g/mol. The van der Waals surface area contributed by atoms with Gasteiger partial charge in [-0.1, -0.05) is 80.8 Å². The molecule has 2 aliphatic carbocycles. The van der Waals surface area contributed by atoms with Gasteiger partial charge in [-0.3, -0.25) is 19.4 Å². The highest BCUT2D eigenvalue weighted by molar-refractivity contribution is 5.91. The average Bonchev–Trinajstić information content (AvgIpc) is 2.96. The minimum absolute atomic E-state index is 0.373. The summed E-state index contributed by atoms with van der Waals surface area (Å²) in [6, 6.07) is 19.4. The highest BCUT2D eigenvalue weighted by Gasteiger charge is 2.47. The molecule has 2 aromatic rings. The third-order valence-corrected chi connectivity index (χ3v) is 9.45. The Labute approximate surface area is 223 Å². The number of piperidine rings is 1. The maximum atomic E-state index is 13.6. The SMILES string of the molecule is CCN(CCc1cccc(C2(N3CCCCC3)CCCCC2=O)c1)C1(c2ccccc2)CCCCC1=O. The van der Waals surface area contributed by atoms with Crippen molar-refractivity contribution in [3.05, 3.63) is 71.3 Å². The normalized spacial score (nSPS) is 27.5. The van der Waals surface area contributed by atoms with E-state index in [0.717, 1.165) is 76.7 Å². The van der Waals surface area contributed by atoms with Crippen molar-refractivity contribution in [2.75, 3.05) is 26.2 Å². The van der Waals surface area contributed by atoms with Gasteiger partial charge in [0.2, 0.25) is 0 Å². The highest BCUT2D eigenvalue weighted by atomic mass is 16.1. The summed E-state index contributed by atoms with van der Waals surface area (Å²) in [4.78, 5) is 32.1. The van der Waals surface area contributed by atoms with Crippen LogP contribution in [0.3, 0.4) is 0 Å². The molecule has 2 aromatic carbocycles. The molecule has 198 valence electrons. The lowest BCUT2D eigenvalue weighted by Gasteiger charge is -2.47. The number of nitrogens with zero attached hydrogens (tertiary/aromatic N) is 2. The van der Waals surface area contributed by atoms with Gasteiger partial charge in [0.25, 0.3) is 0 Å². The average molecular weight is 501 g/mol. The molecule has 3 aliphatic rings. The number of hydrogen-bond donors (Lipinski definition) is 0. The second-order valence-corrected chi connectivity index (χ2v) is 11.4. The number of carbonyl (C=O) groups is 2. The number of rotatable bonds is 8. The van der Waals surface area contributed by atoms with Gasteiger partial charge in [-0.2, -0.15) is 0 Å². The first kappa shape index (κ1) is 26.3. The van der Waals surface area contributed by atoms with Crippen LogP contribution in [0.15, 0.2) is 54.6 Å². The molecule has 1 saturated heterocycles. The maximum Gasteiger partial charge on any atom is 0.157 e. The van der Waals surface area contributed by atoms with Crippen LogP contribution in [0.1, 0.15) is 94.2 Å². The van der Waals surface area contributed by atoms with Gasteiger partial charge in [0.15, 0.2) is 11.6 Å². The minimum atomic E-state index is -0.514. The van der Waals surface area contributed by atoms with Crippen LogP contribution >= 0.6 is 0 Å². The largest absolute Gasteiger partial charge is 0.297 e. The van der Waals surface area contributed by atoms with Crippen LogP contribution in [-0.2, 0) is 27.1 Å². The van der Waals surface area contributed by atoms with Crippen molar-refractivity contribution in [2.24, 2.45) is 0 Å². The van der Waals surface area contributed by atoms with Crippen LogP contribution in [0.5, 0.6) is 0 Å². The summed E-state index contributed by atoms with van der Waals surface area (Å²) in [5, 5.41) is 0. The monoisotopic (exact) mass is 500 g/mol. The maximum absolute atomic E-state index is 13.6. The van der Waals surface area contributed by atoms with Crippen molar-refractivity contribution < 1.29 is 9.59 Å². The van der Waals surface area contributed by atoms with Crippen LogP contribution in [0, 0.1) is 0 Å². The van der Waals surface area contributed by atoms with E-state index >= 15 is 0 Å². The molecule has 2 saturated carbocycles. The quantitative estimate of drug-likeness (QED) is 0.420. The topological polar surface area (TPSA) is 40.6 Å². The summed E-state index contributed by atoms with van der Waals surface area (Å²) in [6.07, 6.45) is 12.0. The molecule has 0 bridgehead atoms. The first-order chi connectivity index (χ1) is 18.1. The zero-order valence-corrected chi connectivity index (χ0v) is 22.7. The number of likely N-dealkylation sites (N-methyl/N-ethyl adjacent to an activating group) is 1. The molecular formula is C33H44N2O2. The predicted octanol–water partition coefficient (Wildman–Crippen LogP) is 6.41. The predicted molar refractivity (Wildman–Crippen MR) is 150 cm³/mol. The Hall–Kier alpha value is -2.30. The van der Waals surface area contributed by atoms with Gasteiger partial charge >= 0.3 is 0 Å². The Morgan fingerprint density at radius 3 is 2.16 bits per heavy atom. The first-order valence-corrected chi connectivity index (χ1v) is 14.8. The van der Waals surface area contributed by atoms with Gasteiger partial charge in [-0.25, -0.2) is 0 Å². The Morgan fingerprint density at radius 2 is 1.46 bits per heavy atom. The minimum Gasteiger partial charge on any atom is -0.297 e. The number of ketones is 2. The number of hydrogen-bond acceptors (Lipinski definition) is 4. The van der Waals surface area contributed by atoms with Crippen molar-refractivity contribution in [2.45, 2.75) is 95.1 Å². The third-order valence-electron chi connectivity index (χ3n) is 9.45. The molecule has 2 unspecified atom stereocenters. The summed E-state index contributed by atoms with van der Waals surface area (Å²) in [5.41, 5.74) is 2.67. The fourth-order valence-corrected chi connectivity index (χ4v) is 7.53. The van der Waals surface area contributed by atoms with E-state index in [2.05, 4.69) is 65.3 Å². The Balaban J connectivity index is 1.42. The molecule has 2 atom stereocenters. The molecule has 4 heteroatoms. The fraction of sp³-hybridized carbons (Fsp3) is 0.576. The lowest BCUT2D eigenvalue weighted by atomic mass is 9.73. The molecule has 0 N–H and O–H groups in total. The van der Waals surface area contributed by atoms with Crippen LogP contribution in [0.4, 0.5) is 0 Å². The van der Waals surface area contributed by atoms with Crippen LogP contribution in [0.25, 0.3) is 0 Å². The van der Waals surface area contributed by atoms with E-state index < -0.39 is 11.1 Å². The summed E-state index contributed by atoms with van der Waals surface area (Å²) in [7, 11) is 0. The van der Waals surface area contributed by atoms with Crippen LogP contribution in [-0.4, -0.2) is 47.5 Å². The van der Waals surface area contributed by atoms with Crippen molar-refractivity contribution in [1.82, 2.24) is 9.80 Å². The van der Waals surface area contributed by atoms with Gasteiger partial charge in [0.05, 0.1) is 0 Å². The standard InChI is InChI=1S/C33H44N2O2/c1-2-34(32(21-9-7-18-30(32)36)28-15-5-3-6-16-28)25-20-27-14-13-17-29(26-27)33(22-10-8-19-31(33)37)35-23-11-4-12-24-35/h3,5-6,13-17,26H,2,4,7-12,18-25H2,1H3. The molecule has 4 nitrogen and oxygen atoms in total. The molecule has 5 rings (SSSR count). The lowest BCUT2D eigenvalue weighted by molar-refractivity contribution is -0.136. The molecule has 0 radical (unpaired) electrons. The van der Waals surface area contributed by atoms with Gasteiger partial charge in [0, 0.05) is 19.4 Å². The lowest BCUT2D eigenvalue weighted by Crippen LogP contribution is -2.55. The molecule has 1 aliphatic heterocycles. The summed E-state index contributed by atoms with van der Waals surface area (Å²) >= 11 is 0. The summed E-state index contributed by atoms with van der Waals surface area (Å²) in [6.45, 7) is 5.93. The number of Topliss-reactive ketones (excluding diaryl/α,β-unsaturated/α-hetero) is 2. The molecule has 1 heterocycles. The smallest absolute Gasteiger partial charge is 0.157 e. The van der Waals surface area contributed by atoms with E-state index in [0.29, 0.717) is 24.4 Å². The van der Waals surface area contributed by atoms with E-state index in [9.17, 15) is 9.59 Å². The van der Waals surface area contributed by atoms with Gasteiger partial charge < -0.3 is 0 Å². The molecule has 37 heavy (non-hydrogen) atoms. The second kappa shape index (κ2) is 11.6.